The van der Waals surface area contributed by atoms with Crippen molar-refractivity contribution in [1.29, 1.82) is 0 Å². The molecule has 77 heavy (non-hydrogen) atoms. The molecule has 2 fully saturated rings. The molecule has 2 aromatic heterocycles. The number of aryl methyl sites for hydroxylation is 1. The Morgan fingerprint density at radius 1 is 0.831 bits per heavy atom. The number of aromatic nitrogens is 3. The van der Waals surface area contributed by atoms with Crippen LogP contribution in [0.4, 0.5) is 5.82 Å². The third-order valence-corrected chi connectivity index (χ3v) is 16.9. The molecule has 3 aliphatic rings. The van der Waals surface area contributed by atoms with Crippen molar-refractivity contribution in [2.24, 2.45) is 5.41 Å². The summed E-state index contributed by atoms with van der Waals surface area (Å²) in [5, 5.41) is 34.2. The molecule has 7 rings (SSSR count). The molecule has 1 aliphatic carbocycles. The van der Waals surface area contributed by atoms with Crippen LogP contribution in [-0.2, 0) is 24.0 Å². The van der Waals surface area contributed by atoms with E-state index in [1.165, 1.54) is 6.33 Å². The number of aldehydes is 1. The molecule has 19 heteroatoms. The fraction of sp³-hybridized carbons (Fsp3) is 0.586. The number of unbranched alkanes of at least 4 members (excludes halogenated alkanes) is 7. The summed E-state index contributed by atoms with van der Waals surface area (Å²) in [6.07, 6.45) is 10.3. The van der Waals surface area contributed by atoms with Gasteiger partial charge in [0.15, 0.2) is 0 Å². The molecule has 2 aromatic carbocycles. The van der Waals surface area contributed by atoms with Gasteiger partial charge in [0.1, 0.15) is 18.4 Å². The van der Waals surface area contributed by atoms with Gasteiger partial charge in [-0.3, -0.25) is 24.1 Å². The number of amides is 4. The summed E-state index contributed by atoms with van der Waals surface area (Å²) in [6.45, 7) is 14.2. The van der Waals surface area contributed by atoms with Crippen LogP contribution < -0.4 is 26.2 Å². The second kappa shape index (κ2) is 28.5. The molecule has 2 aliphatic heterocycles. The maximum atomic E-state index is 14.0. The molecule has 0 saturated carbocycles. The zero-order valence-corrected chi connectivity index (χ0v) is 47.2. The summed E-state index contributed by atoms with van der Waals surface area (Å²) < 4.78 is 0. The van der Waals surface area contributed by atoms with Gasteiger partial charge in [0.05, 0.1) is 58.0 Å². The molecule has 4 heterocycles. The number of carbonyl (C=O) groups excluding carboxylic acids is 5. The summed E-state index contributed by atoms with van der Waals surface area (Å²) >= 11 is 7.80. The number of aliphatic hydroxyl groups excluding tert-OH is 2. The van der Waals surface area contributed by atoms with Crippen LogP contribution in [0.5, 0.6) is 0 Å². The highest BCUT2D eigenvalue weighted by Gasteiger charge is 2.42. The zero-order chi connectivity index (χ0) is 55.1. The molecule has 6 N–H and O–H groups in total. The lowest BCUT2D eigenvalue weighted by molar-refractivity contribution is -0.133. The Morgan fingerprint density at radius 2 is 1.48 bits per heavy atom. The van der Waals surface area contributed by atoms with Crippen LogP contribution in [0, 0.1) is 12.3 Å². The summed E-state index contributed by atoms with van der Waals surface area (Å²) in [4.78, 5) is 86.2. The lowest BCUT2D eigenvalue weighted by Gasteiger charge is -2.38. The molecule has 0 radical (unpaired) electrons. The van der Waals surface area contributed by atoms with Gasteiger partial charge in [-0.05, 0) is 74.3 Å². The maximum absolute atomic E-state index is 14.0. The van der Waals surface area contributed by atoms with Gasteiger partial charge in [-0.1, -0.05) is 107 Å². The highest BCUT2D eigenvalue weighted by Crippen LogP contribution is 2.43. The number of rotatable bonds is 28. The number of hydrogen-bond acceptors (Lipinski definition) is 14. The second-order valence-electron chi connectivity index (χ2n) is 22.1. The minimum atomic E-state index is -0.759. The molecule has 4 amide bonds. The quantitative estimate of drug-likeness (QED) is 0.0246. The van der Waals surface area contributed by atoms with E-state index in [0.717, 1.165) is 89.9 Å². The van der Waals surface area contributed by atoms with E-state index >= 15 is 0 Å². The molecule has 4 aromatic rings. The number of nitrogens with one attached hydrogen (secondary N) is 4. The van der Waals surface area contributed by atoms with Crippen LogP contribution in [-0.4, -0.2) is 142 Å². The topological polar surface area (TPSA) is 222 Å². The number of nitrogens with zero attached hydrogens (tertiary/aromatic N) is 6. The molecular weight excluding hydrogens is 1020 g/mol. The fourth-order valence-electron chi connectivity index (χ4n) is 11.1. The summed E-state index contributed by atoms with van der Waals surface area (Å²) in [6, 6.07) is 13.9. The van der Waals surface area contributed by atoms with Crippen molar-refractivity contribution in [2.75, 3.05) is 63.8 Å². The van der Waals surface area contributed by atoms with Crippen LogP contribution in [0.2, 0.25) is 5.02 Å². The number of halogens is 1. The number of β-amino-alcohol motifs (C(OH)–C–C–N with tert-alkyl or cyclic N) is 1. The van der Waals surface area contributed by atoms with Crippen molar-refractivity contribution in [3.8, 4) is 10.4 Å². The molecule has 0 unspecified atom stereocenters. The number of hydrogen-bond donors (Lipinski definition) is 6. The van der Waals surface area contributed by atoms with Crippen LogP contribution in [0.3, 0.4) is 0 Å². The van der Waals surface area contributed by atoms with E-state index < -0.39 is 35.6 Å². The summed E-state index contributed by atoms with van der Waals surface area (Å²) in [5.74, 6) is 0.295. The maximum Gasteiger partial charge on any atom is 0.237 e. The third-order valence-electron chi connectivity index (χ3n) is 15.6. The van der Waals surface area contributed by atoms with Crippen LogP contribution >= 0.6 is 22.9 Å². The van der Waals surface area contributed by atoms with Gasteiger partial charge in [-0.2, -0.15) is 0 Å². The number of fused-ring (bicyclic) bond motifs is 1. The molecule has 0 bridgehead atoms. The minimum Gasteiger partial charge on any atom is -0.392 e. The molecular formula is C58H81ClN10O7S. The Hall–Kier alpha value is -5.37. The number of likely N-dealkylation sites (tertiary alicyclic amines) is 1. The molecule has 7 atom stereocenters. The first kappa shape index (κ1) is 59.3. The lowest BCUT2D eigenvalue weighted by atomic mass is 9.84. The largest absolute Gasteiger partial charge is 0.392 e. The number of aliphatic hydroxyl groups is 2. The predicted octanol–water partition coefficient (Wildman–Crippen LogP) is 7.16. The standard InChI is InChI=1S/C58H81ClN10O7S/c1-38-30-48(72)53-52(38)55(63-36-62-53)67-26-28-68(29-27-67)57(76)46(42-20-22-44(59)23-21-42)32-60-24-25-61-50(73)14-12-10-8-6-7-9-11-13-15-51(74)66-49(34-70)58(4,5)35-69-33-45(71)31-47(69)56(75)65-39(2)41-16-18-43(19-17-41)54-40(3)64-37-77-54/h16-23,34,36-39,45-49,60,71-72H,6-15,24-33,35H2,1-5H3,(H,61,73)(H,65,75)(H,66,74)/t38-,39+,45-,46-,47+,48-,49-/m1/s1. The van der Waals surface area contributed by atoms with E-state index in [2.05, 4.69) is 48.0 Å². The molecule has 418 valence electrons. The Labute approximate surface area is 463 Å². The van der Waals surface area contributed by atoms with Gasteiger partial charge in [-0.15, -0.1) is 11.3 Å². The minimum absolute atomic E-state index is 0.0138. The monoisotopic (exact) mass is 1100 g/mol. The van der Waals surface area contributed by atoms with E-state index in [4.69, 9.17) is 11.6 Å². The van der Waals surface area contributed by atoms with Crippen molar-refractivity contribution in [2.45, 2.75) is 154 Å². The van der Waals surface area contributed by atoms with E-state index in [1.54, 1.807) is 23.5 Å². The van der Waals surface area contributed by atoms with Gasteiger partial charge in [-0.25, -0.2) is 15.0 Å². The fourth-order valence-corrected chi connectivity index (χ4v) is 12.1. The van der Waals surface area contributed by atoms with Crippen molar-refractivity contribution >= 4 is 58.7 Å². The van der Waals surface area contributed by atoms with Gasteiger partial charge in [0.2, 0.25) is 23.6 Å². The van der Waals surface area contributed by atoms with Crippen molar-refractivity contribution in [3.05, 3.63) is 93.5 Å². The first-order valence-corrected chi connectivity index (χ1v) is 29.1. The second-order valence-corrected chi connectivity index (χ2v) is 23.4. The van der Waals surface area contributed by atoms with Gasteiger partial charge in [0, 0.05) is 87.7 Å². The number of thiazole rings is 1. The number of carbonyl (C=O) groups is 5. The van der Waals surface area contributed by atoms with Crippen molar-refractivity contribution in [1.82, 2.24) is 46.0 Å². The van der Waals surface area contributed by atoms with Crippen molar-refractivity contribution in [3.63, 3.8) is 0 Å². The third kappa shape index (κ3) is 16.4. The first-order chi connectivity index (χ1) is 37.0. The summed E-state index contributed by atoms with van der Waals surface area (Å²) in [7, 11) is 0. The van der Waals surface area contributed by atoms with Gasteiger partial charge >= 0.3 is 0 Å². The van der Waals surface area contributed by atoms with E-state index in [9.17, 15) is 34.2 Å². The SMILES string of the molecule is Cc1ncsc1-c1ccc([C@H](C)NC(=O)[C@@H]2C[C@@H](O)CN2CC(C)(C)[C@@H](C=O)NC(=O)CCCCCCCCCCC(=O)NCCNC[C@@H](C(=O)N2CCN(c3ncnc4c3[C@H](C)C[C@H]4O)CC2)c2ccc(Cl)cc2)cc1. The van der Waals surface area contributed by atoms with Gasteiger partial charge in [0.25, 0.3) is 0 Å². The van der Waals surface area contributed by atoms with Crippen LogP contribution in [0.1, 0.15) is 157 Å². The van der Waals surface area contributed by atoms with E-state index in [0.29, 0.717) is 95.3 Å². The Bertz CT molecular complexity index is 2580. The molecule has 2 saturated heterocycles. The Balaban J connectivity index is 0.723. The summed E-state index contributed by atoms with van der Waals surface area (Å²) in [5.41, 5.74) is 6.76. The number of piperazine rings is 1. The van der Waals surface area contributed by atoms with Crippen molar-refractivity contribution < 1.29 is 34.2 Å². The highest BCUT2D eigenvalue weighted by molar-refractivity contribution is 7.13. The predicted molar refractivity (Wildman–Crippen MR) is 302 cm³/mol. The number of benzene rings is 2. The molecule has 17 nitrogen and oxygen atoms in total. The van der Waals surface area contributed by atoms with Crippen LogP contribution in [0.25, 0.3) is 10.4 Å². The normalized spacial score (nSPS) is 19.8. The van der Waals surface area contributed by atoms with E-state index in [1.807, 2.05) is 79.4 Å². The lowest BCUT2D eigenvalue weighted by Crippen LogP contribution is -2.54. The smallest absolute Gasteiger partial charge is 0.237 e. The first-order valence-electron chi connectivity index (χ1n) is 27.8. The average molecular weight is 1100 g/mol. The Kier molecular flexibility index (Phi) is 21.9. The average Bonchev–Trinajstić information content (AvgIpc) is 4.15. The van der Waals surface area contributed by atoms with Crippen LogP contribution in [0.15, 0.2) is 60.4 Å². The highest BCUT2D eigenvalue weighted by atomic mass is 35.5. The van der Waals surface area contributed by atoms with Gasteiger partial charge < -0.3 is 46.1 Å². The van der Waals surface area contributed by atoms with E-state index in [-0.39, 0.29) is 42.0 Å². The zero-order valence-electron chi connectivity index (χ0n) is 45.6. The number of anilines is 1. The molecule has 0 spiro atoms. The Morgan fingerprint density at radius 3 is 2.13 bits per heavy atom.